The van der Waals surface area contributed by atoms with Gasteiger partial charge in [0, 0.05) is 12.0 Å². The molecule has 1 heterocycles. The van der Waals surface area contributed by atoms with Crippen LogP contribution in [0.2, 0.25) is 0 Å². The number of ether oxygens (including phenoxy) is 2. The van der Waals surface area contributed by atoms with E-state index in [1.165, 1.54) is 18.5 Å². The fourth-order valence-corrected chi connectivity index (χ4v) is 7.16. The number of hydrogen-bond acceptors (Lipinski definition) is 6. The van der Waals surface area contributed by atoms with Crippen LogP contribution in [0, 0.1) is 12.3 Å². The van der Waals surface area contributed by atoms with Crippen molar-refractivity contribution in [3.63, 3.8) is 0 Å². The minimum Gasteiger partial charge on any atom is -0.468 e. The molecule has 35 heavy (non-hydrogen) atoms. The zero-order chi connectivity index (χ0) is 25.6. The Morgan fingerprint density at radius 2 is 1.51 bits per heavy atom. The summed E-state index contributed by atoms with van der Waals surface area (Å²) in [7, 11) is -1.37. The summed E-state index contributed by atoms with van der Waals surface area (Å²) < 4.78 is 39.3. The highest BCUT2D eigenvalue weighted by Gasteiger charge is 2.61. The number of sulfonamides is 1. The van der Waals surface area contributed by atoms with Gasteiger partial charge < -0.3 is 9.47 Å². The molecule has 8 heteroatoms. The van der Waals surface area contributed by atoms with Crippen molar-refractivity contribution in [2.24, 2.45) is 5.41 Å². The Kier molecular flexibility index (Phi) is 6.30. The highest BCUT2D eigenvalue weighted by Crippen LogP contribution is 2.57. The van der Waals surface area contributed by atoms with E-state index in [2.05, 4.69) is 0 Å². The van der Waals surface area contributed by atoms with E-state index < -0.39 is 32.8 Å². The smallest absolute Gasteiger partial charge is 0.323 e. The van der Waals surface area contributed by atoms with E-state index in [9.17, 15) is 18.0 Å². The zero-order valence-electron chi connectivity index (χ0n) is 20.8. The molecule has 0 aromatic heterocycles. The molecular weight excluding hydrogens is 466 g/mol. The van der Waals surface area contributed by atoms with E-state index in [0.717, 1.165) is 22.3 Å². The summed E-state index contributed by atoms with van der Waals surface area (Å²) in [6.07, 6.45) is 0.804. The first-order chi connectivity index (χ1) is 16.5. The highest BCUT2D eigenvalue weighted by molar-refractivity contribution is 7.92. The first kappa shape index (κ1) is 25.0. The fourth-order valence-electron chi connectivity index (χ4n) is 5.59. The van der Waals surface area contributed by atoms with Crippen molar-refractivity contribution in [1.82, 2.24) is 0 Å². The number of aryl methyl sites for hydroxylation is 1. The van der Waals surface area contributed by atoms with Gasteiger partial charge in [-0.15, -0.1) is 0 Å². The summed E-state index contributed by atoms with van der Waals surface area (Å²) in [5, 5.41) is 0. The van der Waals surface area contributed by atoms with Crippen molar-refractivity contribution in [2.75, 3.05) is 25.1 Å². The van der Waals surface area contributed by atoms with Gasteiger partial charge in [-0.1, -0.05) is 47.0 Å². The summed E-state index contributed by atoms with van der Waals surface area (Å²) in [6.45, 7) is 5.89. The van der Waals surface area contributed by atoms with Crippen LogP contribution in [0.3, 0.4) is 0 Å². The normalized spacial score (nSPS) is 20.9. The molecule has 1 atom stereocenters. The Morgan fingerprint density at radius 1 is 0.914 bits per heavy atom. The first-order valence-electron chi connectivity index (χ1n) is 11.5. The van der Waals surface area contributed by atoms with E-state index in [4.69, 9.17) is 9.47 Å². The Bertz CT molecular complexity index is 1290. The van der Waals surface area contributed by atoms with Gasteiger partial charge in [-0.3, -0.25) is 13.9 Å². The lowest BCUT2D eigenvalue weighted by molar-refractivity contribution is -0.172. The minimum absolute atomic E-state index is 0.0903. The van der Waals surface area contributed by atoms with Crippen LogP contribution >= 0.6 is 0 Å². The molecule has 0 amide bonds. The van der Waals surface area contributed by atoms with Crippen molar-refractivity contribution in [3.05, 3.63) is 70.8 Å². The summed E-state index contributed by atoms with van der Waals surface area (Å²) in [4.78, 5) is 26.5. The second-order valence-electron chi connectivity index (χ2n) is 9.82. The summed E-state index contributed by atoms with van der Waals surface area (Å²) in [5.41, 5.74) is 1.86. The lowest BCUT2D eigenvalue weighted by Gasteiger charge is -2.44. The van der Waals surface area contributed by atoms with E-state index >= 15 is 0 Å². The van der Waals surface area contributed by atoms with Gasteiger partial charge in [-0.2, -0.15) is 0 Å². The van der Waals surface area contributed by atoms with Crippen molar-refractivity contribution in [2.45, 2.75) is 50.3 Å². The van der Waals surface area contributed by atoms with E-state index in [0.29, 0.717) is 12.1 Å². The van der Waals surface area contributed by atoms with Crippen LogP contribution in [0.5, 0.6) is 0 Å². The number of anilines is 1. The van der Waals surface area contributed by atoms with Crippen LogP contribution in [-0.2, 0) is 34.5 Å². The van der Waals surface area contributed by atoms with E-state index in [-0.39, 0.29) is 24.3 Å². The lowest BCUT2D eigenvalue weighted by atomic mass is 9.58. The van der Waals surface area contributed by atoms with Gasteiger partial charge in [0.2, 0.25) is 0 Å². The van der Waals surface area contributed by atoms with Crippen LogP contribution in [0.15, 0.2) is 64.6 Å². The first-order valence-corrected chi connectivity index (χ1v) is 13.0. The molecule has 2 aromatic carbocycles. The van der Waals surface area contributed by atoms with Crippen LogP contribution in [0.25, 0.3) is 0 Å². The predicted octanol–water partition coefficient (Wildman–Crippen LogP) is 4.29. The van der Waals surface area contributed by atoms with Gasteiger partial charge in [0.15, 0.2) is 5.41 Å². The summed E-state index contributed by atoms with van der Waals surface area (Å²) in [5.74, 6) is -1.33. The number of fused-ring (bicyclic) bond motifs is 2. The Labute approximate surface area is 206 Å². The van der Waals surface area contributed by atoms with Crippen molar-refractivity contribution >= 4 is 27.6 Å². The molecule has 1 unspecified atom stereocenters. The number of rotatable bonds is 4. The van der Waals surface area contributed by atoms with Crippen molar-refractivity contribution in [3.8, 4) is 0 Å². The third-order valence-electron chi connectivity index (χ3n) is 7.37. The topological polar surface area (TPSA) is 90.0 Å². The molecular formula is C27H31NO6S. The number of methoxy groups -OCH3 is 2. The zero-order valence-corrected chi connectivity index (χ0v) is 21.6. The number of carbonyl (C=O) groups is 2. The lowest BCUT2D eigenvalue weighted by Crippen LogP contribution is -2.52. The Hall–Kier alpha value is -3.13. The number of para-hydroxylation sites is 1. The van der Waals surface area contributed by atoms with E-state index in [1.807, 2.05) is 32.9 Å². The van der Waals surface area contributed by atoms with Gasteiger partial charge in [-0.05, 0) is 63.8 Å². The largest absolute Gasteiger partial charge is 0.468 e. The molecule has 7 nitrogen and oxygen atoms in total. The van der Waals surface area contributed by atoms with Gasteiger partial charge in [0.05, 0.1) is 24.8 Å². The molecule has 1 aliphatic heterocycles. The molecule has 0 saturated heterocycles. The second kappa shape index (κ2) is 8.82. The van der Waals surface area contributed by atoms with Gasteiger partial charge in [0.1, 0.15) is 0 Å². The van der Waals surface area contributed by atoms with Gasteiger partial charge >= 0.3 is 11.9 Å². The van der Waals surface area contributed by atoms with Crippen LogP contribution in [0.4, 0.5) is 5.69 Å². The molecule has 1 spiro atoms. The average Bonchev–Trinajstić information content (AvgIpc) is 3.16. The van der Waals surface area contributed by atoms with Gasteiger partial charge in [-0.25, -0.2) is 8.42 Å². The average molecular weight is 498 g/mol. The SMILES string of the molecule is COC(=O)C1(C(=O)OC)CC(=C(C)C)CC2(CN(S(=O)(=O)c3ccc(C)cc3)c3ccccc32)C1. The number of carbonyl (C=O) groups excluding carboxylic acids is 2. The highest BCUT2D eigenvalue weighted by atomic mass is 32.2. The number of benzene rings is 2. The third-order valence-corrected chi connectivity index (χ3v) is 9.14. The van der Waals surface area contributed by atoms with E-state index in [1.54, 1.807) is 36.4 Å². The molecule has 1 fully saturated rings. The molecule has 4 rings (SSSR count). The van der Waals surface area contributed by atoms with Crippen molar-refractivity contribution < 1.29 is 27.5 Å². The Morgan fingerprint density at radius 3 is 2.09 bits per heavy atom. The van der Waals surface area contributed by atoms with Crippen LogP contribution in [0.1, 0.15) is 44.2 Å². The fraction of sp³-hybridized carbons (Fsp3) is 0.407. The Balaban J connectivity index is 1.92. The number of allylic oxidation sites excluding steroid dienone is 2. The molecule has 1 saturated carbocycles. The molecule has 0 N–H and O–H groups in total. The third kappa shape index (κ3) is 3.93. The number of hydrogen-bond donors (Lipinski definition) is 0. The summed E-state index contributed by atoms with van der Waals surface area (Å²) in [6, 6.07) is 14.1. The maximum atomic E-state index is 13.8. The maximum absolute atomic E-state index is 13.8. The number of nitrogens with zero attached hydrogens (tertiary/aromatic N) is 1. The predicted molar refractivity (Wildman–Crippen MR) is 133 cm³/mol. The van der Waals surface area contributed by atoms with Crippen molar-refractivity contribution in [1.29, 1.82) is 0 Å². The number of esters is 2. The standard InChI is InChI=1S/C27H31NO6S/c1-18(2)20-14-26(16-27(15-20,24(29)33-4)25(30)34-5)17-28(23-9-7-6-8-22(23)26)35(31,32)21-12-10-19(3)11-13-21/h6-13H,14-17H2,1-5H3. The van der Waals surface area contributed by atoms with Gasteiger partial charge in [0.25, 0.3) is 10.0 Å². The minimum atomic E-state index is -3.89. The molecule has 186 valence electrons. The van der Waals surface area contributed by atoms with Crippen LogP contribution in [-0.4, -0.2) is 41.1 Å². The molecule has 0 radical (unpaired) electrons. The summed E-state index contributed by atoms with van der Waals surface area (Å²) >= 11 is 0. The van der Waals surface area contributed by atoms with Crippen LogP contribution < -0.4 is 4.31 Å². The maximum Gasteiger partial charge on any atom is 0.323 e. The molecule has 2 aromatic rings. The monoisotopic (exact) mass is 497 g/mol. The molecule has 1 aliphatic carbocycles. The second-order valence-corrected chi connectivity index (χ2v) is 11.7. The molecule has 2 aliphatic rings. The quantitative estimate of drug-likeness (QED) is 0.356. The molecule has 0 bridgehead atoms.